The van der Waals surface area contributed by atoms with Gasteiger partial charge in [-0.3, -0.25) is 4.29 Å². The average Bonchev–Trinajstić information content (AvgIpc) is 3.11. The third kappa shape index (κ3) is 25.1. The standard InChI is InChI=1S/C19H21N7O.C9H10N2.3C2H6.CH3ClO/c1-4-15-7-5-9-17(23-15)12-21-25-19(27-20)26-22-13-18-10-6-8-16(24-18)11-14(2)3;1-2-4-8-5-3-6-9(7-10)11-8;3*1-2;1-3-2/h4-13H,1,20H2,2-3H3,(H,25,26);2-7,10H,1H3;3*1-2H3;1H3/p+1/b21-12+,22-13+;4-2+,10-7?;;;;. The average molecular weight is 667 g/mol. The molecular weight excluding hydrogens is 614 g/mol. The highest BCUT2D eigenvalue weighted by Gasteiger charge is 2.00. The van der Waals surface area contributed by atoms with E-state index in [9.17, 15) is 0 Å². The van der Waals surface area contributed by atoms with Crippen molar-refractivity contribution < 1.29 is 14.1 Å². The number of rotatable bonds is 8. The van der Waals surface area contributed by atoms with Crippen LogP contribution in [-0.2, 0) is 9.13 Å². The van der Waals surface area contributed by atoms with Crippen molar-refractivity contribution in [3.05, 3.63) is 107 Å². The fourth-order valence-electron chi connectivity index (χ4n) is 2.80. The van der Waals surface area contributed by atoms with Crippen molar-refractivity contribution in [2.75, 3.05) is 7.11 Å². The van der Waals surface area contributed by atoms with Crippen LogP contribution in [0.4, 0.5) is 0 Å². The van der Waals surface area contributed by atoms with E-state index in [1.807, 2.05) is 129 Å². The Hall–Kier alpha value is -4.84. The molecule has 256 valence electrons. The lowest BCUT2D eigenvalue weighted by Crippen LogP contribution is -2.24. The van der Waals surface area contributed by atoms with E-state index < -0.39 is 0 Å². The highest BCUT2D eigenvalue weighted by Crippen LogP contribution is 2.04. The molecule has 0 atom stereocenters. The molecule has 0 saturated carbocycles. The first-order chi connectivity index (χ1) is 22.9. The molecule has 0 aliphatic carbocycles. The van der Waals surface area contributed by atoms with Gasteiger partial charge < -0.3 is 10.2 Å². The summed E-state index contributed by atoms with van der Waals surface area (Å²) in [5.74, 6) is 5.17. The third-order valence-corrected chi connectivity index (χ3v) is 4.38. The zero-order valence-corrected chi connectivity index (χ0v) is 30.2. The van der Waals surface area contributed by atoms with Gasteiger partial charge in [-0.2, -0.15) is 11.0 Å². The normalized spacial score (nSPS) is 9.83. The Bertz CT molecular complexity index is 1380. The number of amidine groups is 1. The Kier molecular flexibility index (Phi) is 33.7. The van der Waals surface area contributed by atoms with Gasteiger partial charge >= 0.3 is 6.02 Å². The van der Waals surface area contributed by atoms with Gasteiger partial charge in [0.25, 0.3) is 0 Å². The molecule has 0 amide bonds. The van der Waals surface area contributed by atoms with Gasteiger partial charge in [-0.25, -0.2) is 20.4 Å². The molecule has 3 heterocycles. The molecular formula is C35H53ClN9O2+. The van der Waals surface area contributed by atoms with Crippen LogP contribution >= 0.6 is 11.9 Å². The number of H-pyrrole nitrogens is 1. The number of nitrogens with zero attached hydrogens (tertiary/aromatic N) is 5. The van der Waals surface area contributed by atoms with Crippen molar-refractivity contribution in [2.45, 2.75) is 62.3 Å². The second-order valence-corrected chi connectivity index (χ2v) is 8.21. The predicted molar refractivity (Wildman–Crippen MR) is 201 cm³/mol. The highest BCUT2D eigenvalue weighted by atomic mass is 35.5. The second-order valence-electron chi connectivity index (χ2n) is 7.90. The fraction of sp³-hybridized carbons (Fsp3) is 0.286. The maximum absolute atomic E-state index is 6.96. The summed E-state index contributed by atoms with van der Waals surface area (Å²) in [4.78, 5) is 16.3. The summed E-state index contributed by atoms with van der Waals surface area (Å²) in [6.45, 7) is 21.7. The number of pyridine rings is 3. The Morgan fingerprint density at radius 3 is 1.98 bits per heavy atom. The Morgan fingerprint density at radius 1 is 0.894 bits per heavy atom. The molecule has 0 saturated heterocycles. The van der Waals surface area contributed by atoms with Crippen LogP contribution in [0.1, 0.15) is 96.5 Å². The molecule has 0 fully saturated rings. The van der Waals surface area contributed by atoms with Gasteiger partial charge in [-0.15, -0.1) is 5.10 Å². The van der Waals surface area contributed by atoms with E-state index in [2.05, 4.69) is 63.3 Å². The fourth-order valence-corrected chi connectivity index (χ4v) is 2.80. The van der Waals surface area contributed by atoms with Crippen molar-refractivity contribution >= 4 is 54.8 Å². The molecule has 0 radical (unpaired) electrons. The zero-order chi connectivity index (χ0) is 36.3. The SMILES string of the molecule is C/C=C/c1cccc(C=N)n1.C=Cc1cccc(/C=N/N=C(N/N=C/c2cccc(C=C(C)C)n2)ON)[nH+]1.CC.CC.CC.COCl. The first kappa shape index (κ1) is 46.6. The molecule has 5 N–H and O–H groups in total. The van der Waals surface area contributed by atoms with Crippen LogP contribution in [0.3, 0.4) is 0 Å². The molecule has 0 aromatic carbocycles. The Balaban J connectivity index is -0.000000800. The van der Waals surface area contributed by atoms with E-state index in [1.165, 1.54) is 25.8 Å². The van der Waals surface area contributed by atoms with Gasteiger partial charge in [0.1, 0.15) is 6.21 Å². The number of allylic oxidation sites excluding steroid dienone is 2. The monoisotopic (exact) mass is 666 g/mol. The predicted octanol–water partition coefficient (Wildman–Crippen LogP) is 8.14. The zero-order valence-electron chi connectivity index (χ0n) is 29.5. The summed E-state index contributed by atoms with van der Waals surface area (Å²) >= 11 is 4.50. The van der Waals surface area contributed by atoms with Gasteiger partial charge in [0.15, 0.2) is 0 Å². The minimum atomic E-state index is -0.0668. The van der Waals surface area contributed by atoms with Crippen molar-refractivity contribution in [3.63, 3.8) is 0 Å². The van der Waals surface area contributed by atoms with E-state index in [1.54, 1.807) is 12.1 Å². The van der Waals surface area contributed by atoms with Gasteiger partial charge in [0, 0.05) is 24.4 Å². The van der Waals surface area contributed by atoms with Crippen LogP contribution in [0.15, 0.2) is 88.1 Å². The van der Waals surface area contributed by atoms with Crippen LogP contribution in [0.25, 0.3) is 18.2 Å². The number of nitrogens with two attached hydrogens (primary N) is 1. The number of aromatic amines is 1. The smallest absolute Gasteiger partial charge is 0.348 e. The van der Waals surface area contributed by atoms with Crippen LogP contribution in [-0.4, -0.2) is 41.7 Å². The number of halogens is 1. The van der Waals surface area contributed by atoms with Crippen molar-refractivity contribution in [2.24, 2.45) is 21.2 Å². The lowest BCUT2D eigenvalue weighted by molar-refractivity contribution is -0.382. The summed E-state index contributed by atoms with van der Waals surface area (Å²) in [5.41, 5.74) is 8.45. The molecule has 0 aliphatic heterocycles. The largest absolute Gasteiger partial charge is 0.370 e. The topological polar surface area (TPSA) is 157 Å². The molecule has 0 aliphatic rings. The summed E-state index contributed by atoms with van der Waals surface area (Å²) in [5, 5.41) is 18.7. The third-order valence-electron chi connectivity index (χ3n) is 4.38. The minimum absolute atomic E-state index is 0.0668. The van der Waals surface area contributed by atoms with Gasteiger partial charge in [-0.05, 0) is 63.3 Å². The molecule has 0 unspecified atom stereocenters. The quantitative estimate of drug-likeness (QED) is 0.125. The van der Waals surface area contributed by atoms with Crippen molar-refractivity contribution in [1.29, 1.82) is 5.41 Å². The number of hydrogen-bond acceptors (Lipinski definition) is 9. The van der Waals surface area contributed by atoms with Gasteiger partial charge in [0.05, 0.1) is 48.0 Å². The summed E-state index contributed by atoms with van der Waals surface area (Å²) < 4.78 is 3.72. The Morgan fingerprint density at radius 2 is 1.43 bits per heavy atom. The highest BCUT2D eigenvalue weighted by molar-refractivity contribution is 6.07. The van der Waals surface area contributed by atoms with Crippen LogP contribution in [0, 0.1) is 5.41 Å². The first-order valence-corrected chi connectivity index (χ1v) is 15.5. The molecule has 12 heteroatoms. The summed E-state index contributed by atoms with van der Waals surface area (Å²) in [7, 11) is 1.39. The lowest BCUT2D eigenvalue weighted by Gasteiger charge is -2.00. The van der Waals surface area contributed by atoms with Crippen LogP contribution < -0.4 is 16.3 Å². The lowest BCUT2D eigenvalue weighted by atomic mass is 10.2. The molecule has 0 spiro atoms. The minimum Gasteiger partial charge on any atom is -0.370 e. The van der Waals surface area contributed by atoms with E-state index in [0.717, 1.165) is 28.3 Å². The number of nitrogens with one attached hydrogen (secondary N) is 3. The maximum Gasteiger partial charge on any atom is 0.348 e. The molecule has 3 aromatic heterocycles. The second kappa shape index (κ2) is 34.0. The van der Waals surface area contributed by atoms with E-state index in [-0.39, 0.29) is 6.02 Å². The first-order valence-electron chi connectivity index (χ1n) is 15.2. The Labute approximate surface area is 286 Å². The number of hydrazone groups is 1. The van der Waals surface area contributed by atoms with Crippen molar-refractivity contribution in [3.8, 4) is 0 Å². The van der Waals surface area contributed by atoms with E-state index >= 15 is 0 Å². The van der Waals surface area contributed by atoms with Crippen molar-refractivity contribution in [1.82, 2.24) is 15.4 Å². The van der Waals surface area contributed by atoms with Crippen LogP contribution in [0.2, 0.25) is 0 Å². The molecule has 0 bridgehead atoms. The summed E-state index contributed by atoms with van der Waals surface area (Å²) in [6, 6.07) is 16.8. The maximum atomic E-state index is 6.96. The molecule has 3 aromatic rings. The number of hydrogen-bond donors (Lipinski definition) is 3. The molecule has 47 heavy (non-hydrogen) atoms. The molecule has 11 nitrogen and oxygen atoms in total. The summed E-state index contributed by atoms with van der Waals surface area (Å²) in [6.07, 6.45) is 11.8. The molecule has 3 rings (SSSR count). The van der Waals surface area contributed by atoms with Crippen LogP contribution in [0.5, 0.6) is 0 Å². The van der Waals surface area contributed by atoms with Gasteiger partial charge in [0.2, 0.25) is 11.4 Å². The van der Waals surface area contributed by atoms with Gasteiger partial charge in [-0.1, -0.05) is 77.0 Å². The van der Waals surface area contributed by atoms with E-state index in [0.29, 0.717) is 11.4 Å². The number of aromatic nitrogens is 3. The van der Waals surface area contributed by atoms with E-state index in [4.69, 9.17) is 11.3 Å².